The number of piperidine rings is 1. The van der Waals surface area contributed by atoms with Crippen LogP contribution in [0.3, 0.4) is 0 Å². The number of H-pyrrole nitrogens is 1. The first kappa shape index (κ1) is 15.5. The Labute approximate surface area is 121 Å². The monoisotopic (exact) mass is 300 g/mol. The molecule has 0 saturated carbocycles. The quantitative estimate of drug-likeness (QED) is 0.773. The summed E-state index contributed by atoms with van der Waals surface area (Å²) in [4.78, 5) is 2.70. The summed E-state index contributed by atoms with van der Waals surface area (Å²) in [7, 11) is -3.44. The zero-order chi connectivity index (χ0) is 14.6. The van der Waals surface area contributed by atoms with Crippen LogP contribution in [0.25, 0.3) is 0 Å². The fraction of sp³-hybridized carbons (Fsp3) is 0.769. The van der Waals surface area contributed by atoms with Gasteiger partial charge in [0.15, 0.2) is 0 Å². The molecule has 1 fully saturated rings. The van der Waals surface area contributed by atoms with Crippen LogP contribution in [0.5, 0.6) is 0 Å². The number of nitrogens with zero attached hydrogens (tertiary/aromatic N) is 2. The fourth-order valence-electron chi connectivity index (χ4n) is 2.70. The van der Waals surface area contributed by atoms with Crippen molar-refractivity contribution >= 4 is 10.0 Å². The smallest absolute Gasteiger partial charge is 0.244 e. The van der Waals surface area contributed by atoms with Gasteiger partial charge in [0.1, 0.15) is 4.90 Å². The molecule has 1 aromatic heterocycles. The van der Waals surface area contributed by atoms with Crippen LogP contribution in [0.2, 0.25) is 0 Å². The maximum atomic E-state index is 12.2. The van der Waals surface area contributed by atoms with Gasteiger partial charge in [0.2, 0.25) is 10.0 Å². The second-order valence-electron chi connectivity index (χ2n) is 5.42. The van der Waals surface area contributed by atoms with Gasteiger partial charge in [0.25, 0.3) is 0 Å². The van der Waals surface area contributed by atoms with Crippen molar-refractivity contribution in [3.8, 4) is 0 Å². The highest BCUT2D eigenvalue weighted by Crippen LogP contribution is 2.16. The SMILES string of the molecule is Cc1n[nH]c(C)c1S(=O)(=O)NCCCN1CCCCC1. The van der Waals surface area contributed by atoms with E-state index in [0.29, 0.717) is 17.9 Å². The number of aromatic nitrogens is 2. The highest BCUT2D eigenvalue weighted by Gasteiger charge is 2.21. The van der Waals surface area contributed by atoms with Gasteiger partial charge < -0.3 is 4.90 Å². The van der Waals surface area contributed by atoms with Crippen LogP contribution in [0.1, 0.15) is 37.1 Å². The van der Waals surface area contributed by atoms with E-state index in [0.717, 1.165) is 26.1 Å². The Hall–Kier alpha value is -0.920. The van der Waals surface area contributed by atoms with Gasteiger partial charge in [0, 0.05) is 6.54 Å². The van der Waals surface area contributed by atoms with E-state index in [1.165, 1.54) is 19.3 Å². The van der Waals surface area contributed by atoms with Crippen molar-refractivity contribution in [2.75, 3.05) is 26.2 Å². The fourth-order valence-corrected chi connectivity index (χ4v) is 4.14. The summed E-state index contributed by atoms with van der Waals surface area (Å²) < 4.78 is 27.1. The topological polar surface area (TPSA) is 78.1 Å². The molecule has 6 nitrogen and oxygen atoms in total. The summed E-state index contributed by atoms with van der Waals surface area (Å²) in [5, 5.41) is 6.64. The molecular weight excluding hydrogens is 276 g/mol. The van der Waals surface area contributed by atoms with E-state index in [4.69, 9.17) is 0 Å². The second-order valence-corrected chi connectivity index (χ2v) is 7.12. The molecule has 7 heteroatoms. The van der Waals surface area contributed by atoms with Crippen molar-refractivity contribution in [2.45, 2.75) is 44.4 Å². The molecule has 2 rings (SSSR count). The molecule has 114 valence electrons. The van der Waals surface area contributed by atoms with Crippen LogP contribution in [0.4, 0.5) is 0 Å². The van der Waals surface area contributed by atoms with E-state index in [1.807, 2.05) is 0 Å². The minimum absolute atomic E-state index is 0.287. The van der Waals surface area contributed by atoms with E-state index in [1.54, 1.807) is 13.8 Å². The Morgan fingerprint density at radius 3 is 2.55 bits per heavy atom. The van der Waals surface area contributed by atoms with Gasteiger partial charge >= 0.3 is 0 Å². The van der Waals surface area contributed by atoms with Crippen LogP contribution in [0.15, 0.2) is 4.90 Å². The third-order valence-electron chi connectivity index (χ3n) is 3.72. The highest BCUT2D eigenvalue weighted by molar-refractivity contribution is 7.89. The number of sulfonamides is 1. The lowest BCUT2D eigenvalue weighted by atomic mass is 10.1. The molecule has 2 heterocycles. The van der Waals surface area contributed by atoms with Gasteiger partial charge in [-0.05, 0) is 52.7 Å². The minimum Gasteiger partial charge on any atom is -0.303 e. The average molecular weight is 300 g/mol. The molecule has 2 N–H and O–H groups in total. The Balaban J connectivity index is 1.81. The molecule has 0 bridgehead atoms. The molecule has 0 unspecified atom stereocenters. The first-order valence-electron chi connectivity index (χ1n) is 7.24. The molecule has 0 amide bonds. The zero-order valence-corrected chi connectivity index (χ0v) is 13.1. The number of aryl methyl sites for hydroxylation is 2. The first-order valence-corrected chi connectivity index (χ1v) is 8.72. The van der Waals surface area contributed by atoms with Crippen LogP contribution in [0, 0.1) is 13.8 Å². The van der Waals surface area contributed by atoms with Crippen molar-refractivity contribution in [3.63, 3.8) is 0 Å². The van der Waals surface area contributed by atoms with Crippen LogP contribution < -0.4 is 4.72 Å². The minimum atomic E-state index is -3.44. The van der Waals surface area contributed by atoms with Crippen molar-refractivity contribution in [1.82, 2.24) is 19.8 Å². The third kappa shape index (κ3) is 3.80. The van der Waals surface area contributed by atoms with Gasteiger partial charge in [-0.25, -0.2) is 13.1 Å². The van der Waals surface area contributed by atoms with Gasteiger partial charge in [-0.3, -0.25) is 5.10 Å². The Morgan fingerprint density at radius 1 is 1.25 bits per heavy atom. The van der Waals surface area contributed by atoms with Gasteiger partial charge in [0.05, 0.1) is 11.4 Å². The lowest BCUT2D eigenvalue weighted by molar-refractivity contribution is 0.227. The largest absolute Gasteiger partial charge is 0.303 e. The number of nitrogens with one attached hydrogen (secondary N) is 2. The van der Waals surface area contributed by atoms with E-state index in [-0.39, 0.29) is 4.90 Å². The number of likely N-dealkylation sites (tertiary alicyclic amines) is 1. The molecule has 0 aliphatic carbocycles. The van der Waals surface area contributed by atoms with E-state index >= 15 is 0 Å². The van der Waals surface area contributed by atoms with Crippen molar-refractivity contribution < 1.29 is 8.42 Å². The predicted molar refractivity (Wildman–Crippen MR) is 78.2 cm³/mol. The Kier molecular flexibility index (Phi) is 5.17. The molecule has 0 spiro atoms. The maximum absolute atomic E-state index is 12.2. The summed E-state index contributed by atoms with van der Waals surface area (Å²) in [5.74, 6) is 0. The standard InChI is InChI=1S/C13H24N4O2S/c1-11-13(12(2)16-15-11)20(18,19)14-7-6-10-17-8-4-3-5-9-17/h14H,3-10H2,1-2H3,(H,15,16). The van der Waals surface area contributed by atoms with Crippen molar-refractivity contribution in [2.24, 2.45) is 0 Å². The molecule has 1 aliphatic rings. The number of rotatable bonds is 6. The first-order chi connectivity index (χ1) is 9.50. The summed E-state index contributed by atoms with van der Waals surface area (Å²) in [6.45, 7) is 7.16. The molecular formula is C13H24N4O2S. The molecule has 0 aromatic carbocycles. The summed E-state index contributed by atoms with van der Waals surface area (Å²) in [6.07, 6.45) is 4.69. The normalized spacial score (nSPS) is 17.5. The lowest BCUT2D eigenvalue weighted by Gasteiger charge is -2.26. The molecule has 1 aliphatic heterocycles. The summed E-state index contributed by atoms with van der Waals surface area (Å²) in [6, 6.07) is 0. The maximum Gasteiger partial charge on any atom is 0.244 e. The van der Waals surface area contributed by atoms with Crippen LogP contribution in [-0.2, 0) is 10.0 Å². The Bertz CT molecular complexity index is 513. The van der Waals surface area contributed by atoms with Gasteiger partial charge in [-0.2, -0.15) is 5.10 Å². The second kappa shape index (κ2) is 6.69. The lowest BCUT2D eigenvalue weighted by Crippen LogP contribution is -2.33. The van der Waals surface area contributed by atoms with E-state index in [2.05, 4.69) is 19.8 Å². The van der Waals surface area contributed by atoms with Crippen LogP contribution in [-0.4, -0.2) is 49.7 Å². The number of aromatic amines is 1. The van der Waals surface area contributed by atoms with Gasteiger partial charge in [-0.1, -0.05) is 6.42 Å². The zero-order valence-electron chi connectivity index (χ0n) is 12.3. The molecule has 1 saturated heterocycles. The van der Waals surface area contributed by atoms with Crippen molar-refractivity contribution in [3.05, 3.63) is 11.4 Å². The predicted octanol–water partition coefficient (Wildman–Crippen LogP) is 1.18. The molecule has 20 heavy (non-hydrogen) atoms. The Morgan fingerprint density at radius 2 is 1.95 bits per heavy atom. The molecule has 0 radical (unpaired) electrons. The highest BCUT2D eigenvalue weighted by atomic mass is 32.2. The van der Waals surface area contributed by atoms with Crippen LogP contribution >= 0.6 is 0 Å². The van der Waals surface area contributed by atoms with E-state index < -0.39 is 10.0 Å². The third-order valence-corrected chi connectivity index (χ3v) is 5.44. The van der Waals surface area contributed by atoms with E-state index in [9.17, 15) is 8.42 Å². The summed E-state index contributed by atoms with van der Waals surface area (Å²) >= 11 is 0. The van der Waals surface area contributed by atoms with Crippen molar-refractivity contribution in [1.29, 1.82) is 0 Å². The van der Waals surface area contributed by atoms with Gasteiger partial charge in [-0.15, -0.1) is 0 Å². The number of hydrogen-bond acceptors (Lipinski definition) is 4. The number of hydrogen-bond donors (Lipinski definition) is 2. The molecule has 0 atom stereocenters. The average Bonchev–Trinajstić information content (AvgIpc) is 2.76. The molecule has 1 aromatic rings. The summed E-state index contributed by atoms with van der Waals surface area (Å²) in [5.41, 5.74) is 1.11.